The van der Waals surface area contributed by atoms with E-state index in [-0.39, 0.29) is 11.5 Å². The minimum atomic E-state index is -0.619. The van der Waals surface area contributed by atoms with E-state index in [1.165, 1.54) is 7.05 Å². The van der Waals surface area contributed by atoms with Gasteiger partial charge in [-0.2, -0.15) is 4.98 Å². The highest BCUT2D eigenvalue weighted by Crippen LogP contribution is 2.26. The first-order valence-corrected chi connectivity index (χ1v) is 7.63. The largest absolute Gasteiger partial charge is 0.497 e. The molecule has 7 heteroatoms. The van der Waals surface area contributed by atoms with Gasteiger partial charge in [-0.15, -0.1) is 0 Å². The molecule has 0 aliphatic carbocycles. The van der Waals surface area contributed by atoms with Gasteiger partial charge in [0, 0.05) is 13.1 Å². The number of hydrogen-bond acceptors (Lipinski definition) is 5. The summed E-state index contributed by atoms with van der Waals surface area (Å²) in [6, 6.07) is 14.7. The molecule has 0 N–H and O–H groups in total. The average Bonchev–Trinajstić information content (AvgIpc) is 2.65. The smallest absolute Gasteiger partial charge is 0.352 e. The number of rotatable bonds is 2. The summed E-state index contributed by atoms with van der Waals surface area (Å²) in [4.78, 5) is 33.1. The van der Waals surface area contributed by atoms with Crippen molar-refractivity contribution in [2.75, 3.05) is 7.11 Å². The molecule has 124 valence electrons. The third-order valence-electron chi connectivity index (χ3n) is 4.09. The second-order valence-corrected chi connectivity index (χ2v) is 5.57. The van der Waals surface area contributed by atoms with Gasteiger partial charge in [-0.3, -0.25) is 13.9 Å². The van der Waals surface area contributed by atoms with Crippen molar-refractivity contribution in [3.05, 3.63) is 69.4 Å². The van der Waals surface area contributed by atoms with E-state index < -0.39 is 11.2 Å². The van der Waals surface area contributed by atoms with Crippen molar-refractivity contribution in [3.8, 4) is 23.0 Å². The first-order valence-electron chi connectivity index (χ1n) is 7.63. The fraction of sp³-hybridized carbons (Fsp3) is 0.111. The van der Waals surface area contributed by atoms with Crippen LogP contribution in [0.2, 0.25) is 0 Å². The highest BCUT2D eigenvalue weighted by molar-refractivity contribution is 5.81. The van der Waals surface area contributed by atoms with Crippen LogP contribution in [0.1, 0.15) is 0 Å². The molecule has 0 saturated heterocycles. The van der Waals surface area contributed by atoms with Gasteiger partial charge in [-0.1, -0.05) is 18.2 Å². The van der Waals surface area contributed by atoms with Crippen LogP contribution < -0.4 is 16.0 Å². The van der Waals surface area contributed by atoms with Crippen LogP contribution in [0.4, 0.5) is 0 Å². The van der Waals surface area contributed by atoms with Crippen LogP contribution in [0.3, 0.4) is 0 Å². The van der Waals surface area contributed by atoms with Crippen molar-refractivity contribution in [2.45, 2.75) is 0 Å². The molecule has 0 radical (unpaired) electrons. The first-order chi connectivity index (χ1) is 12.1. The summed E-state index contributed by atoms with van der Waals surface area (Å²) in [6.07, 6.45) is 0. The minimum Gasteiger partial charge on any atom is -0.497 e. The van der Waals surface area contributed by atoms with Crippen molar-refractivity contribution in [1.82, 2.24) is 19.1 Å². The summed E-state index contributed by atoms with van der Waals surface area (Å²) in [5.74, 6) is 0.880. The molecule has 2 aliphatic heterocycles. The zero-order valence-electron chi connectivity index (χ0n) is 13.6. The van der Waals surface area contributed by atoms with Crippen LogP contribution in [-0.4, -0.2) is 26.2 Å². The van der Waals surface area contributed by atoms with E-state index in [0.29, 0.717) is 11.3 Å². The Hall–Kier alpha value is -3.48. The lowest BCUT2D eigenvalue weighted by Crippen LogP contribution is -2.36. The van der Waals surface area contributed by atoms with Crippen molar-refractivity contribution in [3.63, 3.8) is 0 Å². The third-order valence-corrected chi connectivity index (χ3v) is 4.09. The van der Waals surface area contributed by atoms with Crippen LogP contribution in [-0.2, 0) is 7.05 Å². The van der Waals surface area contributed by atoms with Crippen LogP contribution in [0.25, 0.3) is 28.2 Å². The number of fused-ring (bicyclic) bond motifs is 2. The lowest BCUT2D eigenvalue weighted by molar-refractivity contribution is 0.414. The zero-order valence-corrected chi connectivity index (χ0v) is 13.6. The topological polar surface area (TPSA) is 79.0 Å². The maximum atomic E-state index is 12.5. The predicted octanol–water partition coefficient (Wildman–Crippen LogP) is 1.59. The normalized spacial score (nSPS) is 11.1. The van der Waals surface area contributed by atoms with Crippen molar-refractivity contribution in [2.24, 2.45) is 7.05 Å². The van der Waals surface area contributed by atoms with E-state index in [1.807, 2.05) is 48.5 Å². The summed E-state index contributed by atoms with van der Waals surface area (Å²) in [6.45, 7) is 0. The fourth-order valence-electron chi connectivity index (χ4n) is 2.81. The van der Waals surface area contributed by atoms with Gasteiger partial charge in [0.25, 0.3) is 5.56 Å². The Balaban J connectivity index is 2.23. The van der Waals surface area contributed by atoms with Gasteiger partial charge >= 0.3 is 5.69 Å². The standard InChI is InChI=1S/C18H14N4O3/c1-21-17(23)15-16(20-18(21)24)22(11-6-5-7-12(10-11)25-2)14-9-4-3-8-13(14)19-15/h3-10H,1-2H3. The van der Waals surface area contributed by atoms with Gasteiger partial charge in [0.05, 0.1) is 23.8 Å². The number of benzene rings is 2. The maximum absolute atomic E-state index is 12.5. The Morgan fingerprint density at radius 2 is 1.80 bits per heavy atom. The van der Waals surface area contributed by atoms with E-state index in [1.54, 1.807) is 11.7 Å². The minimum absolute atomic E-state index is 0.142. The summed E-state index contributed by atoms with van der Waals surface area (Å²) < 4.78 is 8.00. The van der Waals surface area contributed by atoms with Gasteiger partial charge in [0.2, 0.25) is 0 Å². The second-order valence-electron chi connectivity index (χ2n) is 5.57. The van der Waals surface area contributed by atoms with Gasteiger partial charge in [0.15, 0.2) is 11.5 Å². The molecule has 0 aromatic heterocycles. The Morgan fingerprint density at radius 1 is 1.00 bits per heavy atom. The van der Waals surface area contributed by atoms with Gasteiger partial charge < -0.3 is 4.74 Å². The molecule has 0 saturated carbocycles. The van der Waals surface area contributed by atoms with Gasteiger partial charge in [-0.25, -0.2) is 9.78 Å². The van der Waals surface area contributed by atoms with Crippen molar-refractivity contribution in [1.29, 1.82) is 0 Å². The summed E-state index contributed by atoms with van der Waals surface area (Å²) >= 11 is 0. The molecular formula is C18H14N4O3. The molecule has 7 nitrogen and oxygen atoms in total. The molecule has 0 unspecified atom stereocenters. The number of aromatic nitrogens is 4. The van der Waals surface area contributed by atoms with Gasteiger partial charge in [-0.05, 0) is 24.3 Å². The first kappa shape index (κ1) is 15.1. The molecule has 2 aromatic rings. The summed E-state index contributed by atoms with van der Waals surface area (Å²) in [7, 11) is 2.97. The molecule has 0 atom stereocenters. The Morgan fingerprint density at radius 3 is 2.60 bits per heavy atom. The fourth-order valence-corrected chi connectivity index (χ4v) is 2.81. The highest BCUT2D eigenvalue weighted by atomic mass is 16.5. The Kier molecular flexibility index (Phi) is 3.35. The van der Waals surface area contributed by atoms with Crippen molar-refractivity contribution < 1.29 is 4.74 Å². The predicted molar refractivity (Wildman–Crippen MR) is 93.6 cm³/mol. The maximum Gasteiger partial charge on any atom is 0.352 e. The molecule has 0 bridgehead atoms. The quantitative estimate of drug-likeness (QED) is 0.520. The van der Waals surface area contributed by atoms with Crippen molar-refractivity contribution >= 4 is 11.0 Å². The Bertz CT molecular complexity index is 1190. The van der Waals surface area contributed by atoms with E-state index in [0.717, 1.165) is 15.8 Å². The summed E-state index contributed by atoms with van der Waals surface area (Å²) in [5, 5.41) is 0. The van der Waals surface area contributed by atoms with Gasteiger partial charge in [0.1, 0.15) is 5.75 Å². The molecule has 2 aliphatic rings. The monoisotopic (exact) mass is 334 g/mol. The lowest BCUT2D eigenvalue weighted by atomic mass is 10.2. The van der Waals surface area contributed by atoms with E-state index in [4.69, 9.17) is 4.74 Å². The van der Waals surface area contributed by atoms with Crippen LogP contribution >= 0.6 is 0 Å². The molecular weight excluding hydrogens is 320 g/mol. The average molecular weight is 334 g/mol. The van der Waals surface area contributed by atoms with Crippen LogP contribution in [0.5, 0.6) is 5.75 Å². The zero-order chi connectivity index (χ0) is 17.6. The van der Waals surface area contributed by atoms with Crippen LogP contribution in [0.15, 0.2) is 58.1 Å². The van der Waals surface area contributed by atoms with Crippen LogP contribution in [0, 0.1) is 0 Å². The SMILES string of the molecule is COc1cccc(-n2c3nc(=O)n(C)c(=O)c-3nc3ccccc32)c1. The van der Waals surface area contributed by atoms with E-state index in [9.17, 15) is 9.59 Å². The number of hydrogen-bond donors (Lipinski definition) is 0. The number of para-hydroxylation sites is 2. The highest BCUT2D eigenvalue weighted by Gasteiger charge is 2.21. The molecule has 2 heterocycles. The molecule has 2 aromatic carbocycles. The third kappa shape index (κ3) is 2.28. The Labute approximate surface area is 142 Å². The summed E-state index contributed by atoms with van der Waals surface area (Å²) in [5.41, 5.74) is 1.15. The molecule has 25 heavy (non-hydrogen) atoms. The molecule has 0 amide bonds. The molecule has 0 fully saturated rings. The lowest BCUT2D eigenvalue weighted by Gasteiger charge is -2.17. The number of ether oxygens (including phenoxy) is 1. The molecule has 4 rings (SSSR count). The second kappa shape index (κ2) is 5.55. The number of methoxy groups -OCH3 is 1. The van der Waals surface area contributed by atoms with E-state index in [2.05, 4.69) is 9.97 Å². The number of nitrogens with zero attached hydrogens (tertiary/aromatic N) is 4. The van der Waals surface area contributed by atoms with E-state index >= 15 is 0 Å². The molecule has 0 spiro atoms.